The highest BCUT2D eigenvalue weighted by Gasteiger charge is 2.20. The number of halogens is 4. The molecule has 0 saturated carbocycles. The van der Waals surface area contributed by atoms with Crippen LogP contribution in [0, 0.1) is 0 Å². The molecule has 0 aliphatic heterocycles. The van der Waals surface area contributed by atoms with Gasteiger partial charge in [0.1, 0.15) is 11.2 Å². The van der Waals surface area contributed by atoms with E-state index in [0.717, 1.165) is 28.7 Å². The number of fused-ring (bicyclic) bond motifs is 2. The molecule has 0 atom stereocenters. The Bertz CT molecular complexity index is 1200. The lowest BCUT2D eigenvalue weighted by atomic mass is 10.2. The van der Waals surface area contributed by atoms with Crippen LogP contribution < -0.4 is 11.5 Å². The largest absolute Gasteiger partial charge is 0.453 e. The van der Waals surface area contributed by atoms with Crippen molar-refractivity contribution in [3.05, 3.63) is 65.8 Å². The summed E-state index contributed by atoms with van der Waals surface area (Å²) in [4.78, 5) is 0. The van der Waals surface area contributed by atoms with Crippen LogP contribution in [0.25, 0.3) is 21.9 Å². The van der Waals surface area contributed by atoms with Gasteiger partial charge in [-0.05, 0) is 68.3 Å². The SMILES string of the molecule is NC(N)=NN=C(c1cc2cc(Br)cc(Br)c2o1)c1cc2cc(Br)cc(Br)c2o1. The van der Waals surface area contributed by atoms with E-state index in [1.54, 1.807) is 0 Å². The highest BCUT2D eigenvalue weighted by atomic mass is 79.9. The van der Waals surface area contributed by atoms with Gasteiger partial charge in [0, 0.05) is 19.7 Å². The summed E-state index contributed by atoms with van der Waals surface area (Å²) in [5, 5.41) is 9.73. The van der Waals surface area contributed by atoms with Crippen LogP contribution in [0.1, 0.15) is 11.5 Å². The third-order valence-electron chi connectivity index (χ3n) is 3.80. The van der Waals surface area contributed by atoms with Crippen LogP contribution in [-0.4, -0.2) is 11.7 Å². The van der Waals surface area contributed by atoms with Crippen LogP contribution >= 0.6 is 63.7 Å². The predicted octanol–water partition coefficient (Wildman–Crippen LogP) is 6.25. The Morgan fingerprint density at radius 3 is 1.57 bits per heavy atom. The molecule has 142 valence electrons. The quantitative estimate of drug-likeness (QED) is 0.158. The van der Waals surface area contributed by atoms with Gasteiger partial charge in [0.15, 0.2) is 17.2 Å². The molecular formula is C18H10Br4N4O2. The van der Waals surface area contributed by atoms with Crippen molar-refractivity contribution < 1.29 is 8.83 Å². The third-order valence-corrected chi connectivity index (χ3v) is 5.90. The Labute approximate surface area is 192 Å². The molecule has 0 bridgehead atoms. The van der Waals surface area contributed by atoms with E-state index in [-0.39, 0.29) is 5.96 Å². The van der Waals surface area contributed by atoms with Crippen LogP contribution in [0.4, 0.5) is 0 Å². The second-order valence-electron chi connectivity index (χ2n) is 5.81. The number of furan rings is 2. The summed E-state index contributed by atoms with van der Waals surface area (Å²) in [5.74, 6) is 0.763. The molecule has 28 heavy (non-hydrogen) atoms. The normalized spacial score (nSPS) is 11.1. The number of guanidine groups is 1. The first-order chi connectivity index (χ1) is 13.3. The summed E-state index contributed by atoms with van der Waals surface area (Å²) in [6, 6.07) is 11.4. The molecule has 2 aromatic heterocycles. The van der Waals surface area contributed by atoms with Crippen molar-refractivity contribution >= 4 is 97.3 Å². The van der Waals surface area contributed by atoms with Gasteiger partial charge in [-0.2, -0.15) is 0 Å². The molecule has 4 N–H and O–H groups in total. The monoisotopic (exact) mass is 630 g/mol. The Kier molecular flexibility index (Phi) is 5.38. The number of hydrogen-bond donors (Lipinski definition) is 2. The molecule has 2 heterocycles. The van der Waals surface area contributed by atoms with Gasteiger partial charge in [-0.1, -0.05) is 31.9 Å². The minimum atomic E-state index is -0.169. The van der Waals surface area contributed by atoms with E-state index in [1.807, 2.05) is 36.4 Å². The molecule has 0 radical (unpaired) electrons. The van der Waals surface area contributed by atoms with E-state index in [1.165, 1.54) is 0 Å². The van der Waals surface area contributed by atoms with Gasteiger partial charge in [-0.15, -0.1) is 10.2 Å². The molecule has 4 rings (SSSR count). The molecule has 0 fully saturated rings. The molecule has 4 aromatic rings. The summed E-state index contributed by atoms with van der Waals surface area (Å²) in [6.07, 6.45) is 0. The molecule has 0 spiro atoms. The first-order valence-corrected chi connectivity index (χ1v) is 10.9. The van der Waals surface area contributed by atoms with Gasteiger partial charge in [0.2, 0.25) is 5.96 Å². The fourth-order valence-electron chi connectivity index (χ4n) is 2.71. The number of benzene rings is 2. The zero-order valence-electron chi connectivity index (χ0n) is 13.8. The van der Waals surface area contributed by atoms with Crippen molar-refractivity contribution in [3.63, 3.8) is 0 Å². The second kappa shape index (κ2) is 7.66. The van der Waals surface area contributed by atoms with Crippen molar-refractivity contribution in [3.8, 4) is 0 Å². The lowest BCUT2D eigenvalue weighted by Gasteiger charge is -1.98. The van der Waals surface area contributed by atoms with E-state index in [0.29, 0.717) is 28.4 Å². The van der Waals surface area contributed by atoms with Crippen LogP contribution in [-0.2, 0) is 0 Å². The number of nitrogens with zero attached hydrogens (tertiary/aromatic N) is 2. The fraction of sp³-hybridized carbons (Fsp3) is 0. The maximum atomic E-state index is 6.02. The predicted molar refractivity (Wildman–Crippen MR) is 125 cm³/mol. The summed E-state index contributed by atoms with van der Waals surface area (Å²) >= 11 is 14.0. The highest BCUT2D eigenvalue weighted by Crippen LogP contribution is 2.34. The smallest absolute Gasteiger partial charge is 0.211 e. The fourth-order valence-corrected chi connectivity index (χ4v) is 5.39. The molecule has 0 saturated heterocycles. The molecular weight excluding hydrogens is 624 g/mol. The van der Waals surface area contributed by atoms with Gasteiger partial charge < -0.3 is 20.3 Å². The molecule has 0 unspecified atom stereocenters. The maximum Gasteiger partial charge on any atom is 0.211 e. The van der Waals surface area contributed by atoms with Crippen LogP contribution in [0.3, 0.4) is 0 Å². The van der Waals surface area contributed by atoms with Gasteiger partial charge in [0.05, 0.1) is 8.95 Å². The first-order valence-electron chi connectivity index (χ1n) is 7.76. The number of nitrogens with two attached hydrogens (primary N) is 2. The summed E-state index contributed by atoms with van der Waals surface area (Å²) in [7, 11) is 0. The van der Waals surface area contributed by atoms with Crippen molar-refractivity contribution in [1.29, 1.82) is 0 Å². The average Bonchev–Trinajstić information content (AvgIpc) is 3.19. The molecule has 0 amide bonds. The Hall–Kier alpha value is -1.62. The Morgan fingerprint density at radius 1 is 0.679 bits per heavy atom. The van der Waals surface area contributed by atoms with Crippen LogP contribution in [0.2, 0.25) is 0 Å². The molecule has 0 aliphatic carbocycles. The zero-order chi connectivity index (χ0) is 20.0. The average molecular weight is 634 g/mol. The lowest BCUT2D eigenvalue weighted by Crippen LogP contribution is -2.22. The number of hydrogen-bond acceptors (Lipinski definition) is 4. The summed E-state index contributed by atoms with van der Waals surface area (Å²) in [5.41, 5.74) is 12.7. The minimum Gasteiger partial charge on any atom is -0.453 e. The number of rotatable bonds is 3. The van der Waals surface area contributed by atoms with E-state index in [4.69, 9.17) is 20.3 Å². The molecule has 2 aromatic carbocycles. The van der Waals surface area contributed by atoms with Gasteiger partial charge in [-0.25, -0.2) is 0 Å². The lowest BCUT2D eigenvalue weighted by molar-refractivity contribution is 0.581. The molecule has 0 aliphatic rings. The van der Waals surface area contributed by atoms with E-state index >= 15 is 0 Å². The van der Waals surface area contributed by atoms with E-state index < -0.39 is 0 Å². The zero-order valence-corrected chi connectivity index (χ0v) is 20.2. The first kappa shape index (κ1) is 19.7. The molecule has 10 heteroatoms. The maximum absolute atomic E-state index is 6.02. The molecule has 6 nitrogen and oxygen atoms in total. The summed E-state index contributed by atoms with van der Waals surface area (Å²) < 4.78 is 15.5. The standard InChI is InChI=1S/C18H10Br4N4O2/c19-9-1-7-3-13(27-16(7)11(21)5-9)15(25-26-18(23)24)14-4-8-2-10(20)6-12(22)17(8)28-14/h1-6H,(H4,23,24,26). The topological polar surface area (TPSA) is 103 Å². The highest BCUT2D eigenvalue weighted by molar-refractivity contribution is 9.11. The van der Waals surface area contributed by atoms with Crippen molar-refractivity contribution in [2.45, 2.75) is 0 Å². The van der Waals surface area contributed by atoms with Gasteiger partial charge in [0.25, 0.3) is 0 Å². The van der Waals surface area contributed by atoms with E-state index in [9.17, 15) is 0 Å². The minimum absolute atomic E-state index is 0.169. The van der Waals surface area contributed by atoms with Crippen LogP contribution in [0.15, 0.2) is 73.3 Å². The summed E-state index contributed by atoms with van der Waals surface area (Å²) in [6.45, 7) is 0. The Morgan fingerprint density at radius 2 is 1.14 bits per heavy atom. The van der Waals surface area contributed by atoms with Crippen LogP contribution in [0.5, 0.6) is 0 Å². The Balaban J connectivity index is 1.94. The van der Waals surface area contributed by atoms with Crippen molar-refractivity contribution in [2.75, 3.05) is 0 Å². The van der Waals surface area contributed by atoms with Crippen molar-refractivity contribution in [1.82, 2.24) is 0 Å². The van der Waals surface area contributed by atoms with Crippen molar-refractivity contribution in [2.24, 2.45) is 21.7 Å². The van der Waals surface area contributed by atoms with Gasteiger partial charge >= 0.3 is 0 Å². The third kappa shape index (κ3) is 3.78. The second-order valence-corrected chi connectivity index (χ2v) is 9.35. The van der Waals surface area contributed by atoms with Gasteiger partial charge in [-0.3, -0.25) is 0 Å². The van der Waals surface area contributed by atoms with E-state index in [2.05, 4.69) is 73.9 Å².